The van der Waals surface area contributed by atoms with Crippen molar-refractivity contribution in [3.05, 3.63) is 59.0 Å². The van der Waals surface area contributed by atoms with Crippen LogP contribution in [0.3, 0.4) is 0 Å². The molecule has 1 fully saturated rings. The number of halogens is 1. The van der Waals surface area contributed by atoms with E-state index in [9.17, 15) is 20.0 Å². The van der Waals surface area contributed by atoms with Crippen LogP contribution in [-0.2, 0) is 17.8 Å². The van der Waals surface area contributed by atoms with Crippen LogP contribution in [0.15, 0.2) is 42.6 Å². The Bertz CT molecular complexity index is 1720. The van der Waals surface area contributed by atoms with Gasteiger partial charge in [-0.2, -0.15) is 10.2 Å². The predicted molar refractivity (Wildman–Crippen MR) is 161 cm³/mol. The number of ether oxygens (including phenoxy) is 1. The van der Waals surface area contributed by atoms with Gasteiger partial charge in [0.1, 0.15) is 11.3 Å². The zero-order valence-corrected chi connectivity index (χ0v) is 24.9. The molecular weight excluding hydrogens is 556 g/mol. The Balaban J connectivity index is 1.58. The zero-order valence-electron chi connectivity index (χ0n) is 24.1. The number of esters is 1. The minimum Gasteiger partial charge on any atom is -0.465 e. The fourth-order valence-corrected chi connectivity index (χ4v) is 5.59. The first kappa shape index (κ1) is 29.1. The molecule has 11 heteroatoms. The third-order valence-corrected chi connectivity index (χ3v) is 7.73. The summed E-state index contributed by atoms with van der Waals surface area (Å²) >= 11 is 6.49. The maximum Gasteiger partial charge on any atom is 0.407 e. The van der Waals surface area contributed by atoms with Crippen molar-refractivity contribution in [2.24, 2.45) is 5.41 Å². The lowest BCUT2D eigenvalue weighted by molar-refractivity contribution is -0.142. The van der Waals surface area contributed by atoms with E-state index in [0.717, 1.165) is 27.4 Å². The number of hydrogen-bond donors (Lipinski definition) is 1. The smallest absolute Gasteiger partial charge is 0.407 e. The van der Waals surface area contributed by atoms with Crippen LogP contribution in [0.2, 0.25) is 5.28 Å². The average molecular weight is 589 g/mol. The van der Waals surface area contributed by atoms with E-state index in [4.69, 9.17) is 16.3 Å². The molecule has 1 N–H and O–H groups in total. The molecular formula is C31H33ClN6O4. The first-order valence-electron chi connectivity index (χ1n) is 13.9. The monoisotopic (exact) mass is 588 g/mol. The molecule has 0 aliphatic carbocycles. The number of piperazine rings is 1. The maximum atomic E-state index is 12.7. The third kappa shape index (κ3) is 5.70. The highest BCUT2D eigenvalue weighted by Crippen LogP contribution is 2.35. The number of nitrogens with zero attached hydrogens (tertiary/aromatic N) is 6. The van der Waals surface area contributed by atoms with Crippen molar-refractivity contribution in [1.29, 1.82) is 5.26 Å². The molecule has 0 spiro atoms. The topological polar surface area (TPSA) is 125 Å². The van der Waals surface area contributed by atoms with Crippen LogP contribution in [0.4, 0.5) is 10.6 Å². The number of aryl methyl sites for hydroxylation is 1. The fourth-order valence-electron chi connectivity index (χ4n) is 5.43. The molecule has 1 unspecified atom stereocenters. The van der Waals surface area contributed by atoms with Crippen LogP contribution in [0.5, 0.6) is 5.75 Å². The van der Waals surface area contributed by atoms with E-state index in [-0.39, 0.29) is 24.2 Å². The van der Waals surface area contributed by atoms with Gasteiger partial charge in [0.05, 0.1) is 29.5 Å². The highest BCUT2D eigenvalue weighted by atomic mass is 35.5. The Morgan fingerprint density at radius 2 is 1.93 bits per heavy atom. The van der Waals surface area contributed by atoms with Gasteiger partial charge in [0.2, 0.25) is 5.28 Å². The van der Waals surface area contributed by atoms with Crippen molar-refractivity contribution in [3.8, 4) is 11.8 Å². The zero-order chi connectivity index (χ0) is 30.2. The van der Waals surface area contributed by atoms with E-state index < -0.39 is 17.6 Å². The van der Waals surface area contributed by atoms with Gasteiger partial charge in [0.15, 0.2) is 5.82 Å². The molecule has 1 aliphatic heterocycles. The van der Waals surface area contributed by atoms with Gasteiger partial charge in [0, 0.05) is 44.4 Å². The Hall–Kier alpha value is -4.36. The first-order chi connectivity index (χ1) is 20.0. The number of benzene rings is 2. The molecule has 2 aromatic carbocycles. The van der Waals surface area contributed by atoms with Crippen molar-refractivity contribution in [2.45, 2.75) is 53.1 Å². The predicted octanol–water partition coefficient (Wildman–Crippen LogP) is 5.88. The molecule has 0 saturated carbocycles. The van der Waals surface area contributed by atoms with E-state index in [0.29, 0.717) is 43.1 Å². The summed E-state index contributed by atoms with van der Waals surface area (Å²) in [4.78, 5) is 37.0. The van der Waals surface area contributed by atoms with E-state index in [1.165, 1.54) is 4.90 Å². The molecule has 218 valence electrons. The minimum atomic E-state index is -1.04. The molecule has 1 atom stereocenters. The highest BCUT2D eigenvalue weighted by Gasteiger charge is 2.33. The van der Waals surface area contributed by atoms with Gasteiger partial charge in [-0.05, 0) is 67.8 Å². The summed E-state index contributed by atoms with van der Waals surface area (Å²) in [5.74, 6) is 0.785. The van der Waals surface area contributed by atoms with Gasteiger partial charge in [-0.3, -0.25) is 4.79 Å². The lowest BCUT2D eigenvalue weighted by Gasteiger charge is -2.39. The van der Waals surface area contributed by atoms with Gasteiger partial charge in [-0.15, -0.1) is 0 Å². The van der Waals surface area contributed by atoms with Crippen LogP contribution < -0.4 is 9.64 Å². The number of carboxylic acid groups (broad SMARTS) is 1. The minimum absolute atomic E-state index is 0.0774. The number of amides is 1. The van der Waals surface area contributed by atoms with E-state index in [1.54, 1.807) is 0 Å². The summed E-state index contributed by atoms with van der Waals surface area (Å²) in [6, 6.07) is 13.4. The first-order valence-corrected chi connectivity index (χ1v) is 14.3. The molecule has 0 bridgehead atoms. The summed E-state index contributed by atoms with van der Waals surface area (Å²) in [5.41, 5.74) is 2.76. The maximum absolute atomic E-state index is 12.7. The van der Waals surface area contributed by atoms with E-state index >= 15 is 0 Å². The number of nitriles is 1. The van der Waals surface area contributed by atoms with Crippen molar-refractivity contribution < 1.29 is 19.4 Å². The van der Waals surface area contributed by atoms with E-state index in [1.807, 2.05) is 75.2 Å². The lowest BCUT2D eigenvalue weighted by Crippen LogP contribution is -2.55. The Kier molecular flexibility index (Phi) is 7.97. The van der Waals surface area contributed by atoms with Crippen LogP contribution in [-0.4, -0.2) is 62.3 Å². The Morgan fingerprint density at radius 3 is 2.62 bits per heavy atom. The van der Waals surface area contributed by atoms with Gasteiger partial charge in [0.25, 0.3) is 0 Å². The summed E-state index contributed by atoms with van der Waals surface area (Å²) < 4.78 is 7.86. The molecule has 0 radical (unpaired) electrons. The van der Waals surface area contributed by atoms with Gasteiger partial charge in [-0.25, -0.2) is 9.78 Å². The number of aromatic nitrogens is 3. The van der Waals surface area contributed by atoms with Crippen LogP contribution >= 0.6 is 11.6 Å². The number of hydrogen-bond acceptors (Lipinski definition) is 7. The second-order valence-electron chi connectivity index (χ2n) is 11.5. The molecule has 1 amide bonds. The fraction of sp³-hybridized carbons (Fsp3) is 0.387. The standard InChI is InChI=1S/C31H33ClN6O4/c1-5-36-17-21(14-20-16-23(42-28(39)31(2,3)4)15-19-8-6-7-9-24(19)20)25-26(36)27(35-29(32)34-25)37-12-13-38(30(40)41)22(18-37)10-11-33/h6-9,15-17,22H,5,10,12-14,18H2,1-4H3,(H,40,41). The molecule has 4 aromatic rings. The molecule has 5 rings (SSSR count). The number of carbonyl (C=O) groups is 2. The molecule has 42 heavy (non-hydrogen) atoms. The SMILES string of the molecule is CCn1cc(Cc2cc(OC(=O)C(C)(C)C)cc3ccccc23)c2nc(Cl)nc(N3CCN(C(=O)O)C(CC#N)C3)c21. The van der Waals surface area contributed by atoms with Crippen LogP contribution in [0.25, 0.3) is 21.8 Å². The van der Waals surface area contributed by atoms with Crippen LogP contribution in [0.1, 0.15) is 45.2 Å². The summed E-state index contributed by atoms with van der Waals surface area (Å²) in [6.45, 7) is 9.12. The third-order valence-electron chi connectivity index (χ3n) is 7.56. The van der Waals surface area contributed by atoms with Gasteiger partial charge < -0.3 is 24.2 Å². The van der Waals surface area contributed by atoms with Crippen molar-refractivity contribution >= 4 is 51.3 Å². The number of fused-ring (bicyclic) bond motifs is 2. The average Bonchev–Trinajstić information content (AvgIpc) is 3.29. The summed E-state index contributed by atoms with van der Waals surface area (Å²) in [5, 5.41) is 21.0. The van der Waals surface area contributed by atoms with Crippen molar-refractivity contribution in [1.82, 2.24) is 19.4 Å². The number of rotatable bonds is 6. The number of carbonyl (C=O) groups excluding carboxylic acids is 1. The van der Waals surface area contributed by atoms with E-state index in [2.05, 4.69) is 20.6 Å². The van der Waals surface area contributed by atoms with Gasteiger partial charge in [-0.1, -0.05) is 24.3 Å². The molecule has 1 aliphatic rings. The number of anilines is 1. The molecule has 2 aromatic heterocycles. The van der Waals surface area contributed by atoms with Crippen LogP contribution in [0, 0.1) is 16.7 Å². The Morgan fingerprint density at radius 1 is 1.17 bits per heavy atom. The highest BCUT2D eigenvalue weighted by molar-refractivity contribution is 6.28. The molecule has 1 saturated heterocycles. The second kappa shape index (κ2) is 11.5. The normalized spacial score (nSPS) is 15.7. The lowest BCUT2D eigenvalue weighted by atomic mass is 9.97. The van der Waals surface area contributed by atoms with Crippen molar-refractivity contribution in [3.63, 3.8) is 0 Å². The molecule has 10 nitrogen and oxygen atoms in total. The summed E-state index contributed by atoms with van der Waals surface area (Å²) in [7, 11) is 0. The largest absolute Gasteiger partial charge is 0.465 e. The molecule has 3 heterocycles. The summed E-state index contributed by atoms with van der Waals surface area (Å²) in [6.07, 6.45) is 1.58. The van der Waals surface area contributed by atoms with Gasteiger partial charge >= 0.3 is 12.1 Å². The second-order valence-corrected chi connectivity index (χ2v) is 11.8. The quantitative estimate of drug-likeness (QED) is 0.168. The van der Waals surface area contributed by atoms with Crippen molar-refractivity contribution in [2.75, 3.05) is 24.5 Å². The Labute approximate surface area is 249 Å².